The number of rotatable bonds is 4. The van der Waals surface area contributed by atoms with Crippen LogP contribution < -0.4 is 5.32 Å². The second kappa shape index (κ2) is 8.60. The van der Waals surface area contributed by atoms with Gasteiger partial charge in [0.15, 0.2) is 0 Å². The van der Waals surface area contributed by atoms with Crippen molar-refractivity contribution in [3.63, 3.8) is 0 Å². The number of hydrogen-bond acceptors (Lipinski definition) is 5. The Bertz CT molecular complexity index is 653. The summed E-state index contributed by atoms with van der Waals surface area (Å²) in [6.07, 6.45) is 2.98. The molecule has 1 fully saturated rings. The largest absolute Gasteiger partial charge is 0.466 e. The van der Waals surface area contributed by atoms with Crippen LogP contribution in [0.15, 0.2) is 18.2 Å². The average molecular weight is 351 g/mol. The number of ether oxygens (including phenoxy) is 2. The lowest BCUT2D eigenvalue weighted by molar-refractivity contribution is -0.150. The number of methoxy groups -OCH3 is 1. The summed E-state index contributed by atoms with van der Waals surface area (Å²) in [6, 6.07) is 4.52. The van der Waals surface area contributed by atoms with Gasteiger partial charge in [-0.05, 0) is 56.2 Å². The molecule has 0 aromatic heterocycles. The standard InChI is InChI=1S/C18H22FNO5/c1-3-25-17(22)12-6-4-11(5-7-12)13-8-9-15(14(19)10-13)20-16(21)18(23)24-2/h8-12H,3-7H2,1-2H3,(H,20,21)/t11-,12+. The van der Waals surface area contributed by atoms with Crippen molar-refractivity contribution >= 4 is 23.5 Å². The summed E-state index contributed by atoms with van der Waals surface area (Å²) in [5.74, 6) is -2.80. The summed E-state index contributed by atoms with van der Waals surface area (Å²) in [7, 11) is 1.08. The van der Waals surface area contributed by atoms with Crippen LogP contribution in [0.5, 0.6) is 0 Å². The Labute approximate surface area is 145 Å². The first kappa shape index (κ1) is 18.9. The van der Waals surface area contributed by atoms with Crippen LogP contribution in [0.25, 0.3) is 0 Å². The molecule has 0 aliphatic heterocycles. The number of halogens is 1. The summed E-state index contributed by atoms with van der Waals surface area (Å²) < 4.78 is 23.5. The number of amides is 1. The number of anilines is 1. The van der Waals surface area contributed by atoms with E-state index in [1.165, 1.54) is 12.1 Å². The second-order valence-corrected chi connectivity index (χ2v) is 5.99. The van der Waals surface area contributed by atoms with Gasteiger partial charge in [0.25, 0.3) is 0 Å². The van der Waals surface area contributed by atoms with Gasteiger partial charge < -0.3 is 14.8 Å². The Kier molecular flexibility index (Phi) is 6.50. The molecule has 2 rings (SSSR count). The third-order valence-electron chi connectivity index (χ3n) is 4.43. The van der Waals surface area contributed by atoms with Crippen LogP contribution in [-0.4, -0.2) is 31.6 Å². The highest BCUT2D eigenvalue weighted by Crippen LogP contribution is 2.37. The van der Waals surface area contributed by atoms with Gasteiger partial charge in [-0.25, -0.2) is 9.18 Å². The molecule has 0 unspecified atom stereocenters. The molecule has 136 valence electrons. The van der Waals surface area contributed by atoms with Crippen LogP contribution in [0, 0.1) is 11.7 Å². The molecule has 0 spiro atoms. The molecule has 25 heavy (non-hydrogen) atoms. The quantitative estimate of drug-likeness (QED) is 0.666. The Morgan fingerprint density at radius 3 is 2.44 bits per heavy atom. The minimum absolute atomic E-state index is 0.0700. The van der Waals surface area contributed by atoms with Gasteiger partial charge in [-0.15, -0.1) is 0 Å². The molecule has 1 aliphatic carbocycles. The van der Waals surface area contributed by atoms with Gasteiger partial charge in [-0.1, -0.05) is 6.07 Å². The maximum absolute atomic E-state index is 14.2. The zero-order chi connectivity index (χ0) is 18.4. The third-order valence-corrected chi connectivity index (χ3v) is 4.43. The maximum Gasteiger partial charge on any atom is 0.396 e. The zero-order valence-electron chi connectivity index (χ0n) is 14.3. The van der Waals surface area contributed by atoms with Crippen molar-refractivity contribution in [2.24, 2.45) is 5.92 Å². The summed E-state index contributed by atoms with van der Waals surface area (Å²) in [6.45, 7) is 2.16. The summed E-state index contributed by atoms with van der Waals surface area (Å²) in [5.41, 5.74) is 0.746. The SMILES string of the molecule is CCOC(=O)[C@H]1CC[C@@H](c2ccc(NC(=O)C(=O)OC)c(F)c2)CC1. The Balaban J connectivity index is 1.98. The van der Waals surface area contributed by atoms with E-state index in [2.05, 4.69) is 10.1 Å². The monoisotopic (exact) mass is 351 g/mol. The van der Waals surface area contributed by atoms with Gasteiger partial charge in [0, 0.05) is 0 Å². The molecular formula is C18H22FNO5. The van der Waals surface area contributed by atoms with Crippen molar-refractivity contribution in [1.29, 1.82) is 0 Å². The molecule has 1 aromatic carbocycles. The normalized spacial score (nSPS) is 19.8. The predicted octanol–water partition coefficient (Wildman–Crippen LogP) is 2.77. The van der Waals surface area contributed by atoms with E-state index in [-0.39, 0.29) is 23.5 Å². The van der Waals surface area contributed by atoms with Crippen molar-refractivity contribution in [3.8, 4) is 0 Å². The van der Waals surface area contributed by atoms with Crippen molar-refractivity contribution in [2.45, 2.75) is 38.5 Å². The summed E-state index contributed by atoms with van der Waals surface area (Å²) in [5, 5.41) is 2.18. The lowest BCUT2D eigenvalue weighted by atomic mass is 9.78. The van der Waals surface area contributed by atoms with Crippen molar-refractivity contribution in [2.75, 3.05) is 19.0 Å². The van der Waals surface area contributed by atoms with Crippen LogP contribution in [-0.2, 0) is 23.9 Å². The Morgan fingerprint density at radius 2 is 1.88 bits per heavy atom. The van der Waals surface area contributed by atoms with E-state index in [1.54, 1.807) is 13.0 Å². The topological polar surface area (TPSA) is 81.7 Å². The van der Waals surface area contributed by atoms with Crippen LogP contribution in [0.2, 0.25) is 0 Å². The summed E-state index contributed by atoms with van der Waals surface area (Å²) >= 11 is 0. The van der Waals surface area contributed by atoms with Gasteiger partial charge in [-0.3, -0.25) is 9.59 Å². The van der Waals surface area contributed by atoms with E-state index in [1.807, 2.05) is 0 Å². The van der Waals surface area contributed by atoms with Crippen LogP contribution in [0.3, 0.4) is 0 Å². The zero-order valence-corrected chi connectivity index (χ0v) is 14.3. The number of esters is 2. The van der Waals surface area contributed by atoms with Gasteiger partial charge in [-0.2, -0.15) is 0 Å². The molecule has 1 amide bonds. The number of carbonyl (C=O) groups excluding carboxylic acids is 3. The fraction of sp³-hybridized carbons (Fsp3) is 0.500. The van der Waals surface area contributed by atoms with Crippen molar-refractivity contribution in [1.82, 2.24) is 0 Å². The van der Waals surface area contributed by atoms with E-state index < -0.39 is 17.7 Å². The number of hydrogen-bond donors (Lipinski definition) is 1. The van der Waals surface area contributed by atoms with E-state index in [4.69, 9.17) is 4.74 Å². The fourth-order valence-electron chi connectivity index (χ4n) is 3.08. The Morgan fingerprint density at radius 1 is 1.20 bits per heavy atom. The third kappa shape index (κ3) is 4.78. The number of nitrogens with one attached hydrogen (secondary N) is 1. The molecule has 0 bridgehead atoms. The molecule has 1 saturated carbocycles. The van der Waals surface area contributed by atoms with Crippen molar-refractivity contribution in [3.05, 3.63) is 29.6 Å². The molecule has 0 radical (unpaired) electrons. The van der Waals surface area contributed by atoms with E-state index in [0.29, 0.717) is 19.4 Å². The van der Waals surface area contributed by atoms with Crippen molar-refractivity contribution < 1.29 is 28.2 Å². The van der Waals surface area contributed by atoms with Crippen LogP contribution >= 0.6 is 0 Å². The highest BCUT2D eigenvalue weighted by molar-refractivity contribution is 6.37. The highest BCUT2D eigenvalue weighted by atomic mass is 19.1. The molecule has 0 atom stereocenters. The van der Waals surface area contributed by atoms with Crippen LogP contribution in [0.4, 0.5) is 10.1 Å². The molecule has 0 saturated heterocycles. The molecule has 1 aliphatic rings. The van der Waals surface area contributed by atoms with Gasteiger partial charge in [0.1, 0.15) is 5.82 Å². The fourth-order valence-corrected chi connectivity index (χ4v) is 3.08. The predicted molar refractivity (Wildman–Crippen MR) is 88.4 cm³/mol. The Hall–Kier alpha value is -2.44. The average Bonchev–Trinajstić information content (AvgIpc) is 2.63. The number of benzene rings is 1. The van der Waals surface area contributed by atoms with Gasteiger partial charge in [0.2, 0.25) is 0 Å². The maximum atomic E-state index is 14.2. The van der Waals surface area contributed by atoms with E-state index in [0.717, 1.165) is 25.5 Å². The smallest absolute Gasteiger partial charge is 0.396 e. The lowest BCUT2D eigenvalue weighted by Gasteiger charge is -2.27. The molecule has 1 N–H and O–H groups in total. The molecule has 7 heteroatoms. The highest BCUT2D eigenvalue weighted by Gasteiger charge is 2.28. The molecule has 6 nitrogen and oxygen atoms in total. The summed E-state index contributed by atoms with van der Waals surface area (Å²) in [4.78, 5) is 34.3. The van der Waals surface area contributed by atoms with Gasteiger partial charge in [0.05, 0.1) is 25.3 Å². The minimum Gasteiger partial charge on any atom is -0.466 e. The first-order valence-corrected chi connectivity index (χ1v) is 8.31. The van der Waals surface area contributed by atoms with E-state index in [9.17, 15) is 18.8 Å². The minimum atomic E-state index is -1.08. The molecular weight excluding hydrogens is 329 g/mol. The second-order valence-electron chi connectivity index (χ2n) is 5.99. The first-order chi connectivity index (χ1) is 12.0. The lowest BCUT2D eigenvalue weighted by Crippen LogP contribution is -2.24. The van der Waals surface area contributed by atoms with E-state index >= 15 is 0 Å². The van der Waals surface area contributed by atoms with Gasteiger partial charge >= 0.3 is 17.8 Å². The molecule has 1 aromatic rings. The first-order valence-electron chi connectivity index (χ1n) is 8.31. The van der Waals surface area contributed by atoms with Crippen LogP contribution in [0.1, 0.15) is 44.1 Å². The molecule has 0 heterocycles. The number of carbonyl (C=O) groups is 3.